The van der Waals surface area contributed by atoms with E-state index in [0.717, 1.165) is 5.75 Å². The van der Waals surface area contributed by atoms with E-state index in [4.69, 9.17) is 4.74 Å². The summed E-state index contributed by atoms with van der Waals surface area (Å²) in [7, 11) is 0. The van der Waals surface area contributed by atoms with E-state index in [2.05, 4.69) is 10.2 Å². The zero-order chi connectivity index (χ0) is 16.4. The van der Waals surface area contributed by atoms with Crippen molar-refractivity contribution in [1.82, 2.24) is 0 Å². The number of azo groups is 1. The summed E-state index contributed by atoms with van der Waals surface area (Å²) in [5, 5.41) is 8.14. The Kier molecular flexibility index (Phi) is 3.78. The Labute approximate surface area is 134 Å². The van der Waals surface area contributed by atoms with Crippen LogP contribution >= 0.6 is 0 Å². The van der Waals surface area contributed by atoms with Gasteiger partial charge >= 0.3 is 0 Å². The Bertz CT molecular complexity index is 759. The molecule has 116 valence electrons. The Morgan fingerprint density at radius 2 is 1.52 bits per heavy atom. The molecular formula is C18H16N2O3. The number of ketones is 2. The maximum absolute atomic E-state index is 12.5. The standard InChI is InChI=1S/C18H16N2O3/c1-3-23-13-10-8-12(9-11-13)19-20-18(2)16(21)14-6-4-5-7-15(14)17(18)22/h4-11H,3H2,1-2H3. The first kappa shape index (κ1) is 15.1. The van der Waals surface area contributed by atoms with E-state index >= 15 is 0 Å². The predicted octanol–water partition coefficient (Wildman–Crippen LogP) is 4.01. The maximum atomic E-state index is 12.5. The first-order chi connectivity index (χ1) is 11.1. The third-order valence-corrected chi connectivity index (χ3v) is 3.81. The quantitative estimate of drug-likeness (QED) is 0.633. The molecule has 1 aliphatic carbocycles. The molecule has 2 aromatic rings. The number of hydrogen-bond donors (Lipinski definition) is 0. The lowest BCUT2D eigenvalue weighted by atomic mass is 9.97. The van der Waals surface area contributed by atoms with E-state index in [9.17, 15) is 9.59 Å². The van der Waals surface area contributed by atoms with Crippen molar-refractivity contribution in [2.75, 3.05) is 6.61 Å². The number of hydrogen-bond acceptors (Lipinski definition) is 5. The number of fused-ring (bicyclic) bond motifs is 1. The maximum Gasteiger partial charge on any atom is 0.204 e. The molecule has 0 aromatic heterocycles. The average Bonchev–Trinajstić information content (AvgIpc) is 2.77. The first-order valence-electron chi connectivity index (χ1n) is 7.40. The van der Waals surface area contributed by atoms with Gasteiger partial charge in [-0.2, -0.15) is 10.2 Å². The van der Waals surface area contributed by atoms with Crippen LogP contribution in [0.1, 0.15) is 34.6 Å². The van der Waals surface area contributed by atoms with Gasteiger partial charge in [-0.15, -0.1) is 0 Å². The zero-order valence-corrected chi connectivity index (χ0v) is 12.9. The fourth-order valence-electron chi connectivity index (χ4n) is 2.53. The molecule has 0 heterocycles. The summed E-state index contributed by atoms with van der Waals surface area (Å²) in [4.78, 5) is 25.0. The van der Waals surface area contributed by atoms with Crippen LogP contribution in [0.15, 0.2) is 58.8 Å². The molecule has 0 unspecified atom stereocenters. The monoisotopic (exact) mass is 308 g/mol. The molecule has 0 atom stereocenters. The minimum atomic E-state index is -1.48. The minimum absolute atomic E-state index is 0.312. The van der Waals surface area contributed by atoms with Crippen molar-refractivity contribution in [2.45, 2.75) is 19.4 Å². The Balaban J connectivity index is 1.87. The summed E-state index contributed by atoms with van der Waals surface area (Å²) in [5.41, 5.74) is -0.107. The largest absolute Gasteiger partial charge is 0.494 e. The fraction of sp³-hybridized carbons (Fsp3) is 0.222. The molecule has 0 radical (unpaired) electrons. The molecule has 2 aromatic carbocycles. The lowest BCUT2D eigenvalue weighted by molar-refractivity contribution is 0.0813. The highest BCUT2D eigenvalue weighted by molar-refractivity contribution is 6.32. The van der Waals surface area contributed by atoms with Gasteiger partial charge in [0.1, 0.15) is 5.75 Å². The molecule has 0 N–H and O–H groups in total. The predicted molar refractivity (Wildman–Crippen MR) is 85.6 cm³/mol. The van der Waals surface area contributed by atoms with Gasteiger partial charge in [0.05, 0.1) is 12.3 Å². The average molecular weight is 308 g/mol. The number of Topliss-reactive ketones (excluding diaryl/α,β-unsaturated/α-hetero) is 2. The van der Waals surface area contributed by atoms with Crippen molar-refractivity contribution in [3.05, 3.63) is 59.7 Å². The van der Waals surface area contributed by atoms with E-state index in [1.807, 2.05) is 6.92 Å². The van der Waals surface area contributed by atoms with Gasteiger partial charge in [0.25, 0.3) is 0 Å². The molecule has 23 heavy (non-hydrogen) atoms. The van der Waals surface area contributed by atoms with Crippen LogP contribution in [0.4, 0.5) is 5.69 Å². The van der Waals surface area contributed by atoms with E-state index < -0.39 is 5.54 Å². The third kappa shape index (κ3) is 2.54. The van der Waals surface area contributed by atoms with E-state index in [0.29, 0.717) is 23.4 Å². The molecule has 0 fully saturated rings. The number of rotatable bonds is 4. The number of carbonyl (C=O) groups excluding carboxylic acids is 2. The highest BCUT2D eigenvalue weighted by atomic mass is 16.5. The van der Waals surface area contributed by atoms with Crippen LogP contribution in [-0.2, 0) is 0 Å². The van der Waals surface area contributed by atoms with Gasteiger partial charge in [-0.05, 0) is 38.1 Å². The van der Waals surface area contributed by atoms with E-state index in [1.165, 1.54) is 6.92 Å². The number of nitrogens with zero attached hydrogens (tertiary/aromatic N) is 2. The van der Waals surface area contributed by atoms with Gasteiger partial charge in [0, 0.05) is 11.1 Å². The van der Waals surface area contributed by atoms with E-state index in [-0.39, 0.29) is 11.6 Å². The van der Waals surface area contributed by atoms with Crippen LogP contribution in [0, 0.1) is 0 Å². The van der Waals surface area contributed by atoms with Crippen LogP contribution in [-0.4, -0.2) is 23.7 Å². The summed E-state index contributed by atoms with van der Waals surface area (Å²) >= 11 is 0. The molecule has 0 aliphatic heterocycles. The summed E-state index contributed by atoms with van der Waals surface area (Å²) < 4.78 is 5.35. The van der Waals surface area contributed by atoms with Crippen LogP contribution in [0.3, 0.4) is 0 Å². The number of carbonyl (C=O) groups is 2. The van der Waals surface area contributed by atoms with Crippen LogP contribution in [0.5, 0.6) is 5.75 Å². The summed E-state index contributed by atoms with van der Waals surface area (Å²) in [6.07, 6.45) is 0. The Morgan fingerprint density at radius 3 is 2.04 bits per heavy atom. The summed E-state index contributed by atoms with van der Waals surface area (Å²) in [6, 6.07) is 13.8. The summed E-state index contributed by atoms with van der Waals surface area (Å²) in [5.74, 6) is 0.110. The second-order valence-corrected chi connectivity index (χ2v) is 5.40. The van der Waals surface area contributed by atoms with Crippen molar-refractivity contribution in [3.8, 4) is 5.75 Å². The van der Waals surface area contributed by atoms with Crippen molar-refractivity contribution in [3.63, 3.8) is 0 Å². The normalized spacial score (nSPS) is 15.9. The molecule has 5 nitrogen and oxygen atoms in total. The first-order valence-corrected chi connectivity index (χ1v) is 7.40. The molecule has 5 heteroatoms. The van der Waals surface area contributed by atoms with Crippen molar-refractivity contribution < 1.29 is 14.3 Å². The fourth-order valence-corrected chi connectivity index (χ4v) is 2.53. The molecule has 0 saturated carbocycles. The SMILES string of the molecule is CCOc1ccc(N=NC2(C)C(=O)c3ccccc3C2=O)cc1. The topological polar surface area (TPSA) is 68.1 Å². The van der Waals surface area contributed by atoms with Crippen LogP contribution in [0.25, 0.3) is 0 Å². The molecule has 3 rings (SSSR count). The van der Waals surface area contributed by atoms with Gasteiger partial charge in [0.15, 0.2) is 0 Å². The second-order valence-electron chi connectivity index (χ2n) is 5.40. The van der Waals surface area contributed by atoms with Gasteiger partial charge in [0.2, 0.25) is 17.1 Å². The van der Waals surface area contributed by atoms with E-state index in [1.54, 1.807) is 48.5 Å². The molecule has 0 bridgehead atoms. The highest BCUT2D eigenvalue weighted by Crippen LogP contribution is 2.33. The van der Waals surface area contributed by atoms with Crippen LogP contribution in [0.2, 0.25) is 0 Å². The van der Waals surface area contributed by atoms with Crippen molar-refractivity contribution in [1.29, 1.82) is 0 Å². The molecule has 0 amide bonds. The van der Waals surface area contributed by atoms with Gasteiger partial charge < -0.3 is 4.74 Å². The van der Waals surface area contributed by atoms with Gasteiger partial charge in [-0.3, -0.25) is 9.59 Å². The molecule has 0 spiro atoms. The number of ether oxygens (including phenoxy) is 1. The second kappa shape index (κ2) is 5.76. The summed E-state index contributed by atoms with van der Waals surface area (Å²) in [6.45, 7) is 4.00. The lowest BCUT2D eigenvalue weighted by Gasteiger charge is -2.12. The molecule has 1 aliphatic rings. The van der Waals surface area contributed by atoms with Gasteiger partial charge in [-0.25, -0.2) is 0 Å². The third-order valence-electron chi connectivity index (χ3n) is 3.81. The molecular weight excluding hydrogens is 292 g/mol. The smallest absolute Gasteiger partial charge is 0.204 e. The Morgan fingerprint density at radius 1 is 0.957 bits per heavy atom. The highest BCUT2D eigenvalue weighted by Gasteiger charge is 2.50. The van der Waals surface area contributed by atoms with Crippen LogP contribution < -0.4 is 4.74 Å². The minimum Gasteiger partial charge on any atom is -0.494 e. The Hall–Kier alpha value is -2.82. The van der Waals surface area contributed by atoms with Crippen molar-refractivity contribution >= 4 is 17.3 Å². The molecule has 0 saturated heterocycles. The van der Waals surface area contributed by atoms with Gasteiger partial charge in [-0.1, -0.05) is 24.3 Å². The van der Waals surface area contributed by atoms with Crippen molar-refractivity contribution in [2.24, 2.45) is 10.2 Å². The zero-order valence-electron chi connectivity index (χ0n) is 12.9. The number of benzene rings is 2. The lowest BCUT2D eigenvalue weighted by Crippen LogP contribution is -2.35.